The van der Waals surface area contributed by atoms with Crippen LogP contribution in [0.2, 0.25) is 0 Å². The van der Waals surface area contributed by atoms with Crippen molar-refractivity contribution >= 4 is 16.6 Å². The maximum atomic E-state index is 5.80. The van der Waals surface area contributed by atoms with Gasteiger partial charge in [-0.25, -0.2) is 0 Å². The van der Waals surface area contributed by atoms with Crippen LogP contribution in [0.1, 0.15) is 5.56 Å². The second-order valence-electron chi connectivity index (χ2n) is 4.57. The Bertz CT molecular complexity index is 560. The minimum atomic E-state index is -0.00227. The Morgan fingerprint density at radius 2 is 2.10 bits per heavy atom. The van der Waals surface area contributed by atoms with Crippen LogP contribution >= 0.6 is 0 Å². The van der Waals surface area contributed by atoms with Crippen LogP contribution in [-0.2, 0) is 16.0 Å². The summed E-state index contributed by atoms with van der Waals surface area (Å²) in [6, 6.07) is 8.01. The Balaban J connectivity index is 2.27. The Morgan fingerprint density at radius 1 is 1.30 bits per heavy atom. The van der Waals surface area contributed by atoms with Crippen LogP contribution in [0.5, 0.6) is 0 Å². The number of nitrogens with zero attached hydrogens (tertiary/aromatic N) is 1. The molecule has 0 bridgehead atoms. The molecule has 1 aromatic carbocycles. The molecule has 0 aliphatic carbocycles. The van der Waals surface area contributed by atoms with Crippen molar-refractivity contribution in [3.8, 4) is 0 Å². The third kappa shape index (κ3) is 3.25. The number of hydrogen-bond acceptors (Lipinski definition) is 5. The highest BCUT2D eigenvalue weighted by molar-refractivity contribution is 5.92. The number of rotatable bonds is 7. The van der Waals surface area contributed by atoms with E-state index in [0.29, 0.717) is 19.7 Å². The Labute approximate surface area is 119 Å². The molecule has 2 aromatic rings. The van der Waals surface area contributed by atoms with Gasteiger partial charge in [-0.05, 0) is 6.07 Å². The van der Waals surface area contributed by atoms with Gasteiger partial charge in [0.1, 0.15) is 0 Å². The van der Waals surface area contributed by atoms with E-state index in [9.17, 15) is 0 Å². The first-order valence-corrected chi connectivity index (χ1v) is 6.62. The molecular weight excluding hydrogens is 254 g/mol. The lowest BCUT2D eigenvalue weighted by Crippen LogP contribution is -2.27. The number of nitrogens with two attached hydrogens (primary N) is 1. The zero-order valence-corrected chi connectivity index (χ0v) is 11.9. The summed E-state index contributed by atoms with van der Waals surface area (Å²) in [6.07, 6.45) is 1.82. The number of para-hydroxylation sites is 1. The lowest BCUT2D eigenvalue weighted by atomic mass is 10.1. The van der Waals surface area contributed by atoms with Gasteiger partial charge < -0.3 is 20.5 Å². The maximum absolute atomic E-state index is 5.80. The van der Waals surface area contributed by atoms with E-state index in [1.165, 1.54) is 0 Å². The van der Waals surface area contributed by atoms with Crippen molar-refractivity contribution in [3.63, 3.8) is 0 Å². The first kappa shape index (κ1) is 14.7. The highest BCUT2D eigenvalue weighted by Crippen LogP contribution is 2.25. The third-order valence-corrected chi connectivity index (χ3v) is 3.27. The van der Waals surface area contributed by atoms with Crippen molar-refractivity contribution < 1.29 is 9.47 Å². The molecule has 1 aromatic heterocycles. The number of fused-ring (bicyclic) bond motifs is 1. The minimum Gasteiger partial charge on any atom is -0.382 e. The fourth-order valence-corrected chi connectivity index (χ4v) is 2.16. The van der Waals surface area contributed by atoms with Gasteiger partial charge in [0.05, 0.1) is 18.2 Å². The number of pyridine rings is 1. The second kappa shape index (κ2) is 7.19. The van der Waals surface area contributed by atoms with Gasteiger partial charge >= 0.3 is 0 Å². The Morgan fingerprint density at radius 3 is 2.80 bits per heavy atom. The first-order chi connectivity index (χ1) is 9.80. The molecule has 1 atom stereocenters. The molecule has 2 rings (SSSR count). The van der Waals surface area contributed by atoms with Gasteiger partial charge in [-0.15, -0.1) is 0 Å². The van der Waals surface area contributed by atoms with Gasteiger partial charge in [-0.1, -0.05) is 18.2 Å². The normalized spacial score (nSPS) is 12.6. The molecule has 3 N–H and O–H groups in total. The fourth-order valence-electron chi connectivity index (χ4n) is 2.16. The number of anilines is 1. The molecule has 0 fully saturated rings. The molecule has 0 saturated heterocycles. The van der Waals surface area contributed by atoms with Crippen molar-refractivity contribution in [3.05, 3.63) is 36.0 Å². The highest BCUT2D eigenvalue weighted by Gasteiger charge is 2.11. The van der Waals surface area contributed by atoms with Gasteiger partial charge in [-0.2, -0.15) is 0 Å². The lowest BCUT2D eigenvalue weighted by molar-refractivity contribution is 0.0366. The van der Waals surface area contributed by atoms with Crippen molar-refractivity contribution in [1.82, 2.24) is 4.98 Å². The summed E-state index contributed by atoms with van der Waals surface area (Å²) in [5.74, 6) is 0. The Kier molecular flexibility index (Phi) is 5.29. The van der Waals surface area contributed by atoms with Crippen LogP contribution in [0.4, 0.5) is 5.69 Å². The summed E-state index contributed by atoms with van der Waals surface area (Å²) in [7, 11) is 3.35. The molecule has 0 saturated carbocycles. The molecule has 1 heterocycles. The van der Waals surface area contributed by atoms with Crippen molar-refractivity contribution in [2.45, 2.75) is 12.6 Å². The molecule has 5 nitrogen and oxygen atoms in total. The van der Waals surface area contributed by atoms with E-state index in [1.807, 2.05) is 30.5 Å². The van der Waals surface area contributed by atoms with Crippen LogP contribution in [0.3, 0.4) is 0 Å². The maximum Gasteiger partial charge on any atom is 0.0976 e. The topological polar surface area (TPSA) is 69.4 Å². The van der Waals surface area contributed by atoms with E-state index >= 15 is 0 Å². The quantitative estimate of drug-likeness (QED) is 0.806. The number of hydrogen-bond donors (Lipinski definition) is 2. The molecule has 0 radical (unpaired) electrons. The van der Waals surface area contributed by atoms with E-state index in [2.05, 4.69) is 10.3 Å². The number of ether oxygens (including phenoxy) is 2. The number of aromatic nitrogens is 1. The zero-order valence-electron chi connectivity index (χ0n) is 11.9. The molecule has 5 heteroatoms. The molecule has 0 amide bonds. The smallest absolute Gasteiger partial charge is 0.0976 e. The standard InChI is InChI=1S/C15H21N3O2/c1-19-10-12(20-2)9-18-15-11(7-16)8-17-14-6-4-3-5-13(14)15/h3-6,8,12H,7,9-10,16H2,1-2H3,(H,17,18). The summed E-state index contributed by atoms with van der Waals surface area (Å²) >= 11 is 0. The second-order valence-corrected chi connectivity index (χ2v) is 4.57. The van der Waals surface area contributed by atoms with Crippen LogP contribution < -0.4 is 11.1 Å². The minimum absolute atomic E-state index is 0.00227. The van der Waals surface area contributed by atoms with Gasteiger partial charge in [0.15, 0.2) is 0 Å². The monoisotopic (exact) mass is 275 g/mol. The average molecular weight is 275 g/mol. The molecular formula is C15H21N3O2. The van der Waals surface area contributed by atoms with Crippen LogP contribution in [0, 0.1) is 0 Å². The fraction of sp³-hybridized carbons (Fsp3) is 0.400. The van der Waals surface area contributed by atoms with Crippen LogP contribution in [0.25, 0.3) is 10.9 Å². The van der Waals surface area contributed by atoms with E-state index in [0.717, 1.165) is 22.2 Å². The summed E-state index contributed by atoms with van der Waals surface area (Å²) < 4.78 is 10.5. The van der Waals surface area contributed by atoms with E-state index in [-0.39, 0.29) is 6.10 Å². The van der Waals surface area contributed by atoms with Crippen molar-refractivity contribution in [2.75, 3.05) is 32.7 Å². The summed E-state index contributed by atoms with van der Waals surface area (Å²) in [4.78, 5) is 4.42. The molecule has 0 aliphatic heterocycles. The molecule has 108 valence electrons. The molecule has 0 aliphatic rings. The molecule has 1 unspecified atom stereocenters. The first-order valence-electron chi connectivity index (χ1n) is 6.62. The number of benzene rings is 1. The predicted octanol–water partition coefficient (Wildman–Crippen LogP) is 1.77. The van der Waals surface area contributed by atoms with Crippen molar-refractivity contribution in [1.29, 1.82) is 0 Å². The molecule has 0 spiro atoms. The SMILES string of the molecule is COCC(CNc1c(CN)cnc2ccccc12)OC. The van der Waals surface area contributed by atoms with E-state index < -0.39 is 0 Å². The van der Waals surface area contributed by atoms with Crippen LogP contribution in [0.15, 0.2) is 30.5 Å². The Hall–Kier alpha value is -1.69. The number of nitrogens with one attached hydrogen (secondary N) is 1. The van der Waals surface area contributed by atoms with E-state index in [4.69, 9.17) is 15.2 Å². The summed E-state index contributed by atoms with van der Waals surface area (Å²) in [5.41, 5.74) is 8.78. The van der Waals surface area contributed by atoms with Gasteiger partial charge in [0.25, 0.3) is 0 Å². The number of methoxy groups -OCH3 is 2. The summed E-state index contributed by atoms with van der Waals surface area (Å²) in [6.45, 7) is 1.65. The molecule has 20 heavy (non-hydrogen) atoms. The lowest BCUT2D eigenvalue weighted by Gasteiger charge is -2.18. The highest BCUT2D eigenvalue weighted by atomic mass is 16.5. The van der Waals surface area contributed by atoms with E-state index in [1.54, 1.807) is 14.2 Å². The third-order valence-electron chi connectivity index (χ3n) is 3.27. The van der Waals surface area contributed by atoms with Crippen molar-refractivity contribution in [2.24, 2.45) is 5.73 Å². The summed E-state index contributed by atoms with van der Waals surface area (Å²) in [5, 5.41) is 4.49. The predicted molar refractivity (Wildman–Crippen MR) is 80.8 cm³/mol. The van der Waals surface area contributed by atoms with Gasteiger partial charge in [0.2, 0.25) is 0 Å². The largest absolute Gasteiger partial charge is 0.382 e. The zero-order chi connectivity index (χ0) is 14.4. The average Bonchev–Trinajstić information content (AvgIpc) is 2.51. The van der Waals surface area contributed by atoms with Gasteiger partial charge in [-0.3, -0.25) is 4.98 Å². The van der Waals surface area contributed by atoms with Gasteiger partial charge in [0, 0.05) is 50.1 Å². The van der Waals surface area contributed by atoms with Crippen LogP contribution in [-0.4, -0.2) is 38.5 Å².